The molecule has 0 aliphatic carbocycles. The molecule has 2 aliphatic heterocycles. The normalized spacial score (nSPS) is 16.6. The van der Waals surface area contributed by atoms with Crippen molar-refractivity contribution in [3.8, 4) is 11.5 Å². The van der Waals surface area contributed by atoms with Gasteiger partial charge in [0, 0.05) is 17.2 Å². The van der Waals surface area contributed by atoms with Crippen LogP contribution in [0, 0.1) is 17.0 Å². The molecule has 0 bridgehead atoms. The fourth-order valence-electron chi connectivity index (χ4n) is 2.74. The van der Waals surface area contributed by atoms with E-state index in [0.717, 1.165) is 0 Å². The largest absolute Gasteiger partial charge is 0.454 e. The number of nitro benzene ring substituents is 1. The summed E-state index contributed by atoms with van der Waals surface area (Å²) in [5.41, 5.74) is 1.52. The summed E-state index contributed by atoms with van der Waals surface area (Å²) in [5.74, 6) is 0.647. The monoisotopic (exact) mass is 352 g/mol. The van der Waals surface area contributed by atoms with Gasteiger partial charge >= 0.3 is 5.97 Å². The van der Waals surface area contributed by atoms with Gasteiger partial charge in [-0.05, 0) is 36.8 Å². The number of fused-ring (bicyclic) bond motifs is 1. The number of aliphatic imine (C=N–C) groups is 1. The number of esters is 1. The first kappa shape index (κ1) is 15.8. The van der Waals surface area contributed by atoms with Gasteiger partial charge in [-0.1, -0.05) is 12.1 Å². The molecule has 0 radical (unpaired) electrons. The smallest absolute Gasteiger partial charge is 0.363 e. The van der Waals surface area contributed by atoms with Gasteiger partial charge in [-0.3, -0.25) is 10.1 Å². The van der Waals surface area contributed by atoms with Crippen molar-refractivity contribution < 1.29 is 23.9 Å². The Morgan fingerprint density at radius 3 is 2.81 bits per heavy atom. The van der Waals surface area contributed by atoms with Gasteiger partial charge in [-0.15, -0.1) is 0 Å². The molecule has 0 spiro atoms. The minimum absolute atomic E-state index is 0.0446. The first-order valence-electron chi connectivity index (χ1n) is 7.69. The molecule has 26 heavy (non-hydrogen) atoms. The molecule has 0 saturated heterocycles. The van der Waals surface area contributed by atoms with E-state index in [0.29, 0.717) is 28.2 Å². The van der Waals surface area contributed by atoms with E-state index in [9.17, 15) is 14.9 Å². The van der Waals surface area contributed by atoms with E-state index in [-0.39, 0.29) is 24.1 Å². The number of nitrogens with zero attached hydrogens (tertiary/aromatic N) is 2. The maximum atomic E-state index is 12.1. The van der Waals surface area contributed by atoms with E-state index in [1.54, 1.807) is 37.3 Å². The Hall–Kier alpha value is -3.68. The molecule has 0 fully saturated rings. The maximum Gasteiger partial charge on any atom is 0.363 e. The summed E-state index contributed by atoms with van der Waals surface area (Å²) in [5, 5.41) is 11.1. The highest BCUT2D eigenvalue weighted by molar-refractivity contribution is 6.13. The molecular formula is C18H12N2O6. The average molecular weight is 352 g/mol. The van der Waals surface area contributed by atoms with Crippen molar-refractivity contribution in [2.24, 2.45) is 4.99 Å². The van der Waals surface area contributed by atoms with Crippen LogP contribution in [0.4, 0.5) is 5.69 Å². The van der Waals surface area contributed by atoms with Crippen LogP contribution >= 0.6 is 0 Å². The Morgan fingerprint density at radius 2 is 2.00 bits per heavy atom. The standard InChI is InChI=1S/C18H12N2O6/c1-10-12(3-2-4-14(10)20(22)23)17-19-13(18(21)26-17)7-11-5-6-15-16(8-11)25-9-24-15/h2-8H,9H2,1H3/b13-7-. The lowest BCUT2D eigenvalue weighted by atomic mass is 10.1. The molecule has 0 aromatic heterocycles. The molecule has 0 N–H and O–H groups in total. The highest BCUT2D eigenvalue weighted by Gasteiger charge is 2.27. The third-order valence-electron chi connectivity index (χ3n) is 4.05. The lowest BCUT2D eigenvalue weighted by Crippen LogP contribution is -2.08. The minimum Gasteiger partial charge on any atom is -0.454 e. The third kappa shape index (κ3) is 2.67. The number of hydrogen-bond donors (Lipinski definition) is 0. The highest BCUT2D eigenvalue weighted by Crippen LogP contribution is 2.33. The van der Waals surface area contributed by atoms with Gasteiger partial charge in [0.05, 0.1) is 4.92 Å². The molecular weight excluding hydrogens is 340 g/mol. The second-order valence-electron chi connectivity index (χ2n) is 5.66. The van der Waals surface area contributed by atoms with Crippen LogP contribution in [0.2, 0.25) is 0 Å². The van der Waals surface area contributed by atoms with Crippen molar-refractivity contribution >= 4 is 23.6 Å². The predicted octanol–water partition coefficient (Wildman–Crippen LogP) is 2.98. The zero-order chi connectivity index (χ0) is 18.3. The quantitative estimate of drug-likeness (QED) is 0.364. The van der Waals surface area contributed by atoms with Crippen molar-refractivity contribution in [3.05, 3.63) is 68.9 Å². The van der Waals surface area contributed by atoms with Gasteiger partial charge in [-0.25, -0.2) is 9.79 Å². The molecule has 2 aliphatic rings. The first-order chi connectivity index (χ1) is 12.5. The summed E-state index contributed by atoms with van der Waals surface area (Å²) in [6.07, 6.45) is 1.56. The SMILES string of the molecule is Cc1c(C2=N/C(=C\c3ccc4c(c3)OCO4)C(=O)O2)cccc1[N+](=O)[O-]. The van der Waals surface area contributed by atoms with E-state index in [1.807, 2.05) is 0 Å². The van der Waals surface area contributed by atoms with E-state index in [4.69, 9.17) is 14.2 Å². The van der Waals surface area contributed by atoms with Crippen molar-refractivity contribution in [2.75, 3.05) is 6.79 Å². The van der Waals surface area contributed by atoms with E-state index in [1.165, 1.54) is 12.1 Å². The van der Waals surface area contributed by atoms with E-state index in [2.05, 4.69) is 4.99 Å². The number of rotatable bonds is 3. The van der Waals surface area contributed by atoms with Crippen LogP contribution < -0.4 is 9.47 Å². The number of benzene rings is 2. The second kappa shape index (κ2) is 5.99. The number of nitro groups is 1. The molecule has 0 saturated carbocycles. The summed E-state index contributed by atoms with van der Waals surface area (Å²) in [6.45, 7) is 1.75. The molecule has 0 atom stereocenters. The fraction of sp³-hybridized carbons (Fsp3) is 0.111. The van der Waals surface area contributed by atoms with Crippen molar-refractivity contribution in [2.45, 2.75) is 6.92 Å². The molecule has 2 aromatic rings. The van der Waals surface area contributed by atoms with Gasteiger partial charge in [0.25, 0.3) is 5.69 Å². The lowest BCUT2D eigenvalue weighted by Gasteiger charge is -2.04. The van der Waals surface area contributed by atoms with E-state index >= 15 is 0 Å². The van der Waals surface area contributed by atoms with Crippen LogP contribution in [-0.2, 0) is 9.53 Å². The Kier molecular flexibility index (Phi) is 3.65. The van der Waals surface area contributed by atoms with Crippen LogP contribution in [-0.4, -0.2) is 23.6 Å². The van der Waals surface area contributed by atoms with Gasteiger partial charge < -0.3 is 14.2 Å². The second-order valence-corrected chi connectivity index (χ2v) is 5.66. The molecule has 8 heteroatoms. The Labute approximate surface area is 147 Å². The number of carbonyl (C=O) groups is 1. The Balaban J connectivity index is 1.70. The van der Waals surface area contributed by atoms with Gasteiger partial charge in [0.2, 0.25) is 12.7 Å². The first-order valence-corrected chi connectivity index (χ1v) is 7.69. The summed E-state index contributed by atoms with van der Waals surface area (Å²) in [6, 6.07) is 9.77. The summed E-state index contributed by atoms with van der Waals surface area (Å²) < 4.78 is 15.8. The minimum atomic E-state index is -0.622. The number of hydrogen-bond acceptors (Lipinski definition) is 7. The molecule has 130 valence electrons. The van der Waals surface area contributed by atoms with Crippen molar-refractivity contribution in [1.82, 2.24) is 0 Å². The highest BCUT2D eigenvalue weighted by atomic mass is 16.7. The predicted molar refractivity (Wildman–Crippen MR) is 91.0 cm³/mol. The molecule has 2 aromatic carbocycles. The number of cyclic esters (lactones) is 1. The lowest BCUT2D eigenvalue weighted by molar-refractivity contribution is -0.385. The average Bonchev–Trinajstić information content (AvgIpc) is 3.21. The zero-order valence-corrected chi connectivity index (χ0v) is 13.6. The van der Waals surface area contributed by atoms with Crippen LogP contribution in [0.25, 0.3) is 6.08 Å². The van der Waals surface area contributed by atoms with Gasteiger partial charge in [0.15, 0.2) is 17.2 Å². The summed E-state index contributed by atoms with van der Waals surface area (Å²) in [7, 11) is 0. The van der Waals surface area contributed by atoms with Crippen LogP contribution in [0.15, 0.2) is 47.1 Å². The van der Waals surface area contributed by atoms with E-state index < -0.39 is 10.9 Å². The van der Waals surface area contributed by atoms with Gasteiger partial charge in [-0.2, -0.15) is 0 Å². The fourth-order valence-corrected chi connectivity index (χ4v) is 2.74. The van der Waals surface area contributed by atoms with Crippen molar-refractivity contribution in [3.63, 3.8) is 0 Å². The Morgan fingerprint density at radius 1 is 1.19 bits per heavy atom. The molecule has 8 nitrogen and oxygen atoms in total. The van der Waals surface area contributed by atoms with Crippen LogP contribution in [0.5, 0.6) is 11.5 Å². The van der Waals surface area contributed by atoms with Crippen LogP contribution in [0.1, 0.15) is 16.7 Å². The number of ether oxygens (including phenoxy) is 3. The molecule has 0 unspecified atom stereocenters. The van der Waals surface area contributed by atoms with Crippen LogP contribution in [0.3, 0.4) is 0 Å². The molecule has 4 rings (SSSR count). The zero-order valence-electron chi connectivity index (χ0n) is 13.6. The van der Waals surface area contributed by atoms with Crippen molar-refractivity contribution in [1.29, 1.82) is 0 Å². The third-order valence-corrected chi connectivity index (χ3v) is 4.05. The molecule has 2 heterocycles. The maximum absolute atomic E-state index is 12.1. The topological polar surface area (TPSA) is 100 Å². The van der Waals surface area contributed by atoms with Gasteiger partial charge in [0.1, 0.15) is 0 Å². The number of carbonyl (C=O) groups excluding carboxylic acids is 1. The summed E-state index contributed by atoms with van der Waals surface area (Å²) in [4.78, 5) is 26.9. The summed E-state index contributed by atoms with van der Waals surface area (Å²) >= 11 is 0. The Bertz CT molecular complexity index is 1010. The molecule has 0 amide bonds.